The predicted octanol–water partition coefficient (Wildman–Crippen LogP) is 5.52. The van der Waals surface area contributed by atoms with Gasteiger partial charge in [-0.25, -0.2) is 0 Å². The summed E-state index contributed by atoms with van der Waals surface area (Å²) >= 11 is 3.32. The molecule has 0 aliphatic carbocycles. The van der Waals surface area contributed by atoms with Gasteiger partial charge in [-0.2, -0.15) is 0 Å². The Balaban J connectivity index is 1.87. The van der Waals surface area contributed by atoms with Crippen LogP contribution in [0.2, 0.25) is 0 Å². The van der Waals surface area contributed by atoms with Crippen LogP contribution in [0.3, 0.4) is 0 Å². The van der Waals surface area contributed by atoms with Crippen molar-refractivity contribution in [2.75, 3.05) is 0 Å². The van der Waals surface area contributed by atoms with E-state index in [0.717, 1.165) is 36.2 Å². The molecule has 0 bridgehead atoms. The first-order chi connectivity index (χ1) is 13.4. The number of nitrogens with zero attached hydrogens (tertiary/aromatic N) is 1. The molecule has 0 saturated carbocycles. The molecule has 3 nitrogen and oxygen atoms in total. The molecule has 0 radical (unpaired) electrons. The van der Waals surface area contributed by atoms with E-state index < -0.39 is 0 Å². The first-order valence-electron chi connectivity index (χ1n) is 9.16. The molecule has 4 rings (SSSR count). The second-order valence-electron chi connectivity index (χ2n) is 7.09. The lowest BCUT2D eigenvalue weighted by Crippen LogP contribution is -2.31. The highest BCUT2D eigenvalue weighted by Crippen LogP contribution is 2.42. The smallest absolute Gasteiger partial charge is 0.262 e. The Hall–Kier alpha value is -2.50. The fourth-order valence-electron chi connectivity index (χ4n) is 3.74. The van der Waals surface area contributed by atoms with Crippen LogP contribution in [-0.4, -0.2) is 16.7 Å². The summed E-state index contributed by atoms with van der Waals surface area (Å²) in [5, 5.41) is 0. The van der Waals surface area contributed by atoms with E-state index >= 15 is 0 Å². The van der Waals surface area contributed by atoms with Crippen LogP contribution < -0.4 is 0 Å². The fraction of sp³-hybridized carbons (Fsp3) is 0.217. The largest absolute Gasteiger partial charge is 0.270 e. The third-order valence-electron chi connectivity index (χ3n) is 4.97. The summed E-state index contributed by atoms with van der Waals surface area (Å²) in [5.74, 6) is -0.402. The number of benzene rings is 1. The van der Waals surface area contributed by atoms with Gasteiger partial charge in [0, 0.05) is 30.6 Å². The summed E-state index contributed by atoms with van der Waals surface area (Å²) in [6.45, 7) is 8.38. The molecule has 0 atom stereocenters. The maximum atomic E-state index is 13.4. The molecule has 2 aromatic heterocycles. The van der Waals surface area contributed by atoms with Crippen molar-refractivity contribution in [2.45, 2.75) is 34.2 Å². The molecule has 1 aliphatic rings. The van der Waals surface area contributed by atoms with Crippen LogP contribution in [0.5, 0.6) is 0 Å². The average Bonchev–Trinajstić information content (AvgIpc) is 3.24. The van der Waals surface area contributed by atoms with E-state index in [-0.39, 0.29) is 18.4 Å². The number of aryl methyl sites for hydroxylation is 4. The van der Waals surface area contributed by atoms with Gasteiger partial charge >= 0.3 is 0 Å². The minimum absolute atomic E-state index is 0.201. The van der Waals surface area contributed by atoms with E-state index in [1.807, 2.05) is 70.2 Å². The van der Waals surface area contributed by atoms with Gasteiger partial charge in [0.05, 0.1) is 17.7 Å². The fourth-order valence-corrected chi connectivity index (χ4v) is 5.60. The summed E-state index contributed by atoms with van der Waals surface area (Å²) in [6.07, 6.45) is 0. The molecule has 3 heterocycles. The van der Waals surface area contributed by atoms with Crippen LogP contribution in [-0.2, 0) is 16.1 Å². The SMILES string of the molecule is Cc1cc(C2=C(c3cc(C)sc3C)C(=O)N(Cc3ccccc3)C2=O)c(C)s1. The van der Waals surface area contributed by atoms with Crippen molar-refractivity contribution in [3.8, 4) is 0 Å². The van der Waals surface area contributed by atoms with Crippen molar-refractivity contribution in [2.24, 2.45) is 0 Å². The number of carbonyl (C=O) groups excluding carboxylic acids is 2. The van der Waals surface area contributed by atoms with Crippen molar-refractivity contribution in [3.05, 3.63) is 78.7 Å². The van der Waals surface area contributed by atoms with Crippen LogP contribution in [0.25, 0.3) is 11.1 Å². The van der Waals surface area contributed by atoms with Gasteiger partial charge in [-0.3, -0.25) is 14.5 Å². The Labute approximate surface area is 172 Å². The molecular weight excluding hydrogens is 386 g/mol. The Morgan fingerprint density at radius 1 is 0.750 bits per heavy atom. The minimum Gasteiger partial charge on any atom is -0.270 e. The van der Waals surface area contributed by atoms with Crippen molar-refractivity contribution in [1.82, 2.24) is 4.90 Å². The van der Waals surface area contributed by atoms with Gasteiger partial charge < -0.3 is 0 Å². The summed E-state index contributed by atoms with van der Waals surface area (Å²) in [6, 6.07) is 13.7. The lowest BCUT2D eigenvalue weighted by Gasteiger charge is -2.15. The standard InChI is InChI=1S/C23H21NO2S2/c1-13-10-18(15(3)27-13)20-21(19-11-14(2)28-16(19)4)23(26)24(22(20)25)12-17-8-6-5-7-9-17/h5-11H,12H2,1-4H3. The van der Waals surface area contributed by atoms with Crippen LogP contribution in [0.4, 0.5) is 0 Å². The maximum absolute atomic E-state index is 13.4. The van der Waals surface area contributed by atoms with Crippen molar-refractivity contribution >= 4 is 45.6 Å². The Bertz CT molecular complexity index is 1050. The number of rotatable bonds is 4. The molecule has 5 heteroatoms. The molecule has 0 N–H and O–H groups in total. The monoisotopic (exact) mass is 407 g/mol. The second-order valence-corrected chi connectivity index (χ2v) is 10.0. The van der Waals surface area contributed by atoms with Crippen LogP contribution in [0, 0.1) is 27.7 Å². The number of thiophene rings is 2. The van der Waals surface area contributed by atoms with Gasteiger partial charge in [-0.05, 0) is 45.4 Å². The molecule has 3 aromatic rings. The Morgan fingerprint density at radius 2 is 1.21 bits per heavy atom. The summed E-state index contributed by atoms with van der Waals surface area (Å²) in [4.78, 5) is 32.7. The van der Waals surface area contributed by atoms with Crippen molar-refractivity contribution < 1.29 is 9.59 Å². The zero-order valence-electron chi connectivity index (χ0n) is 16.3. The lowest BCUT2D eigenvalue weighted by atomic mass is 9.97. The highest BCUT2D eigenvalue weighted by Gasteiger charge is 2.41. The topological polar surface area (TPSA) is 37.4 Å². The van der Waals surface area contributed by atoms with Gasteiger partial charge in [-0.15, -0.1) is 22.7 Å². The second kappa shape index (κ2) is 7.15. The maximum Gasteiger partial charge on any atom is 0.262 e. The number of hydrogen-bond acceptors (Lipinski definition) is 4. The normalized spacial score (nSPS) is 14.5. The van der Waals surface area contributed by atoms with Gasteiger partial charge in [-0.1, -0.05) is 30.3 Å². The van der Waals surface area contributed by atoms with E-state index in [4.69, 9.17) is 0 Å². The summed E-state index contributed by atoms with van der Waals surface area (Å²) < 4.78 is 0. The quantitative estimate of drug-likeness (QED) is 0.534. The first kappa shape index (κ1) is 18.8. The first-order valence-corrected chi connectivity index (χ1v) is 10.8. The Morgan fingerprint density at radius 3 is 1.61 bits per heavy atom. The molecular formula is C23H21NO2S2. The molecule has 2 amide bonds. The van der Waals surface area contributed by atoms with Gasteiger partial charge in [0.25, 0.3) is 11.8 Å². The highest BCUT2D eigenvalue weighted by molar-refractivity contribution is 7.12. The molecule has 0 saturated heterocycles. The van der Waals surface area contributed by atoms with E-state index in [1.54, 1.807) is 22.7 Å². The van der Waals surface area contributed by atoms with E-state index in [1.165, 1.54) is 4.90 Å². The summed E-state index contributed by atoms with van der Waals surface area (Å²) in [5.41, 5.74) is 3.80. The third kappa shape index (κ3) is 3.15. The number of amides is 2. The molecule has 0 fully saturated rings. The molecule has 142 valence electrons. The van der Waals surface area contributed by atoms with E-state index in [2.05, 4.69) is 0 Å². The van der Waals surface area contributed by atoms with Crippen LogP contribution >= 0.6 is 22.7 Å². The molecule has 0 spiro atoms. The lowest BCUT2D eigenvalue weighted by molar-refractivity contribution is -0.136. The predicted molar refractivity (Wildman–Crippen MR) is 116 cm³/mol. The van der Waals surface area contributed by atoms with Crippen LogP contribution in [0.1, 0.15) is 36.2 Å². The highest BCUT2D eigenvalue weighted by atomic mass is 32.1. The van der Waals surface area contributed by atoms with E-state index in [0.29, 0.717) is 11.1 Å². The molecule has 0 unspecified atom stereocenters. The van der Waals surface area contributed by atoms with Crippen LogP contribution in [0.15, 0.2) is 42.5 Å². The third-order valence-corrected chi connectivity index (χ3v) is 6.90. The van der Waals surface area contributed by atoms with Gasteiger partial charge in [0.2, 0.25) is 0 Å². The number of hydrogen-bond donors (Lipinski definition) is 0. The van der Waals surface area contributed by atoms with Crippen molar-refractivity contribution in [3.63, 3.8) is 0 Å². The number of imide groups is 1. The molecule has 1 aromatic carbocycles. The molecule has 1 aliphatic heterocycles. The average molecular weight is 408 g/mol. The minimum atomic E-state index is -0.201. The molecule has 28 heavy (non-hydrogen) atoms. The van der Waals surface area contributed by atoms with Crippen molar-refractivity contribution in [1.29, 1.82) is 0 Å². The Kier molecular flexibility index (Phi) is 4.81. The zero-order chi connectivity index (χ0) is 20.0. The number of carbonyl (C=O) groups is 2. The zero-order valence-corrected chi connectivity index (χ0v) is 18.0. The van der Waals surface area contributed by atoms with Gasteiger partial charge in [0.1, 0.15) is 0 Å². The summed E-state index contributed by atoms with van der Waals surface area (Å²) in [7, 11) is 0. The van der Waals surface area contributed by atoms with Gasteiger partial charge in [0.15, 0.2) is 0 Å². The van der Waals surface area contributed by atoms with E-state index in [9.17, 15) is 9.59 Å².